The highest BCUT2D eigenvalue weighted by molar-refractivity contribution is 4.62. The summed E-state index contributed by atoms with van der Waals surface area (Å²) < 4.78 is 5.16. The molecular weight excluding hydrogens is 200 g/mol. The van der Waals surface area contributed by atoms with Crippen molar-refractivity contribution in [3.63, 3.8) is 0 Å². The maximum atomic E-state index is 5.16. The van der Waals surface area contributed by atoms with Crippen molar-refractivity contribution in [3.05, 3.63) is 0 Å². The fourth-order valence-electron chi connectivity index (χ4n) is 1.60. The second-order valence-electron chi connectivity index (χ2n) is 4.60. The monoisotopic (exact) mass is 230 g/mol. The number of nitrogens with one attached hydrogen (secondary N) is 2. The average molecular weight is 230 g/mol. The zero-order valence-electron chi connectivity index (χ0n) is 11.5. The van der Waals surface area contributed by atoms with Gasteiger partial charge in [-0.05, 0) is 20.3 Å². The molecule has 0 spiro atoms. The molecule has 0 heterocycles. The molecule has 2 N–H and O–H groups in total. The summed E-state index contributed by atoms with van der Waals surface area (Å²) in [6, 6.07) is 0.646. The lowest BCUT2D eigenvalue weighted by Gasteiger charge is -2.15. The van der Waals surface area contributed by atoms with Crippen LogP contribution in [0.4, 0.5) is 0 Å². The van der Waals surface area contributed by atoms with E-state index in [1.54, 1.807) is 7.11 Å². The minimum absolute atomic E-state index is 0.307. The summed E-state index contributed by atoms with van der Waals surface area (Å²) in [6.45, 7) is 9.60. The van der Waals surface area contributed by atoms with Crippen LogP contribution in [0.15, 0.2) is 0 Å². The summed E-state index contributed by atoms with van der Waals surface area (Å²) in [5, 5.41) is 6.90. The SMILES string of the molecule is CCCCCC(C)NCCNCC(C)OC. The van der Waals surface area contributed by atoms with Crippen LogP contribution in [0, 0.1) is 0 Å². The maximum Gasteiger partial charge on any atom is 0.0667 e. The number of ether oxygens (including phenoxy) is 1. The molecule has 3 heteroatoms. The minimum Gasteiger partial charge on any atom is -0.380 e. The highest BCUT2D eigenvalue weighted by Crippen LogP contribution is 2.02. The van der Waals surface area contributed by atoms with Crippen molar-refractivity contribution in [2.45, 2.75) is 58.6 Å². The van der Waals surface area contributed by atoms with Gasteiger partial charge in [0.05, 0.1) is 6.10 Å². The highest BCUT2D eigenvalue weighted by atomic mass is 16.5. The number of rotatable bonds is 11. The van der Waals surface area contributed by atoms with Crippen molar-refractivity contribution >= 4 is 0 Å². The highest BCUT2D eigenvalue weighted by Gasteiger charge is 2.00. The Balaban J connectivity index is 3.17. The third-order valence-corrected chi connectivity index (χ3v) is 2.87. The molecule has 0 aliphatic heterocycles. The van der Waals surface area contributed by atoms with Crippen LogP contribution in [0.25, 0.3) is 0 Å². The first-order valence-electron chi connectivity index (χ1n) is 6.67. The first-order chi connectivity index (χ1) is 7.70. The van der Waals surface area contributed by atoms with Crippen molar-refractivity contribution in [2.24, 2.45) is 0 Å². The zero-order chi connectivity index (χ0) is 12.2. The van der Waals surface area contributed by atoms with Crippen LogP contribution in [-0.4, -0.2) is 38.9 Å². The van der Waals surface area contributed by atoms with Gasteiger partial charge in [0.1, 0.15) is 0 Å². The molecule has 3 nitrogen and oxygen atoms in total. The molecule has 0 aromatic heterocycles. The lowest BCUT2D eigenvalue weighted by molar-refractivity contribution is 0.117. The third-order valence-electron chi connectivity index (χ3n) is 2.87. The van der Waals surface area contributed by atoms with Gasteiger partial charge in [-0.25, -0.2) is 0 Å². The molecule has 0 saturated heterocycles. The second-order valence-corrected chi connectivity index (χ2v) is 4.60. The summed E-state index contributed by atoms with van der Waals surface area (Å²) in [6.07, 6.45) is 5.61. The smallest absolute Gasteiger partial charge is 0.0667 e. The topological polar surface area (TPSA) is 33.3 Å². The molecule has 0 aromatic rings. The van der Waals surface area contributed by atoms with Gasteiger partial charge in [-0.1, -0.05) is 26.2 Å². The molecule has 0 rings (SSSR count). The van der Waals surface area contributed by atoms with Gasteiger partial charge in [-0.15, -0.1) is 0 Å². The summed E-state index contributed by atoms with van der Waals surface area (Å²) >= 11 is 0. The number of unbranched alkanes of at least 4 members (excludes halogenated alkanes) is 2. The first-order valence-corrected chi connectivity index (χ1v) is 6.67. The van der Waals surface area contributed by atoms with Crippen molar-refractivity contribution in [1.82, 2.24) is 10.6 Å². The van der Waals surface area contributed by atoms with E-state index in [0.717, 1.165) is 19.6 Å². The predicted molar refractivity (Wildman–Crippen MR) is 70.9 cm³/mol. The van der Waals surface area contributed by atoms with Crippen LogP contribution >= 0.6 is 0 Å². The van der Waals surface area contributed by atoms with Crippen molar-refractivity contribution in [2.75, 3.05) is 26.7 Å². The van der Waals surface area contributed by atoms with Crippen LogP contribution in [0.1, 0.15) is 46.5 Å². The lowest BCUT2D eigenvalue weighted by atomic mass is 10.1. The number of hydrogen-bond acceptors (Lipinski definition) is 3. The Kier molecular flexibility index (Phi) is 11.3. The molecule has 98 valence electrons. The Morgan fingerprint density at radius 2 is 1.88 bits per heavy atom. The van der Waals surface area contributed by atoms with E-state index in [0.29, 0.717) is 12.1 Å². The summed E-state index contributed by atoms with van der Waals surface area (Å²) in [4.78, 5) is 0. The van der Waals surface area contributed by atoms with Crippen molar-refractivity contribution in [1.29, 1.82) is 0 Å². The Hall–Kier alpha value is -0.120. The molecule has 0 bridgehead atoms. The van der Waals surface area contributed by atoms with Crippen LogP contribution in [0.5, 0.6) is 0 Å². The minimum atomic E-state index is 0.307. The van der Waals surface area contributed by atoms with Gasteiger partial charge in [-0.2, -0.15) is 0 Å². The summed E-state index contributed by atoms with van der Waals surface area (Å²) in [7, 11) is 1.75. The van der Waals surface area contributed by atoms with Gasteiger partial charge in [0.25, 0.3) is 0 Å². The molecule has 0 fully saturated rings. The third kappa shape index (κ3) is 10.4. The largest absolute Gasteiger partial charge is 0.380 e. The second kappa shape index (κ2) is 11.4. The lowest BCUT2D eigenvalue weighted by Crippen LogP contribution is -2.36. The molecule has 2 atom stereocenters. The summed E-state index contributed by atoms with van der Waals surface area (Å²) in [5.74, 6) is 0. The quantitative estimate of drug-likeness (QED) is 0.534. The number of hydrogen-bond donors (Lipinski definition) is 2. The fraction of sp³-hybridized carbons (Fsp3) is 1.00. The first kappa shape index (κ1) is 15.9. The molecular formula is C13H30N2O. The van der Waals surface area contributed by atoms with Gasteiger partial charge in [0.15, 0.2) is 0 Å². The van der Waals surface area contributed by atoms with E-state index >= 15 is 0 Å². The predicted octanol–water partition coefficient (Wildman–Crippen LogP) is 2.17. The van der Waals surface area contributed by atoms with E-state index in [2.05, 4.69) is 31.4 Å². The van der Waals surface area contributed by atoms with E-state index in [1.165, 1.54) is 25.7 Å². The Morgan fingerprint density at radius 1 is 1.12 bits per heavy atom. The van der Waals surface area contributed by atoms with Gasteiger partial charge in [0, 0.05) is 32.8 Å². The van der Waals surface area contributed by atoms with Crippen molar-refractivity contribution in [3.8, 4) is 0 Å². The molecule has 16 heavy (non-hydrogen) atoms. The molecule has 0 aromatic carbocycles. The van der Waals surface area contributed by atoms with Crippen LogP contribution in [0.2, 0.25) is 0 Å². The van der Waals surface area contributed by atoms with Gasteiger partial charge >= 0.3 is 0 Å². The average Bonchev–Trinajstić information content (AvgIpc) is 2.28. The van der Waals surface area contributed by atoms with Gasteiger partial charge in [-0.3, -0.25) is 0 Å². The van der Waals surface area contributed by atoms with E-state index in [9.17, 15) is 0 Å². The standard InChI is InChI=1S/C13H30N2O/c1-5-6-7-8-12(2)15-10-9-14-11-13(3)16-4/h12-15H,5-11H2,1-4H3. The molecule has 0 amide bonds. The van der Waals surface area contributed by atoms with Gasteiger partial charge in [0.2, 0.25) is 0 Å². The van der Waals surface area contributed by atoms with E-state index in [-0.39, 0.29) is 0 Å². The van der Waals surface area contributed by atoms with Crippen LogP contribution in [-0.2, 0) is 4.74 Å². The van der Waals surface area contributed by atoms with Gasteiger partial charge < -0.3 is 15.4 Å². The normalized spacial score (nSPS) is 15.0. The Labute approximate surface area is 101 Å². The molecule has 2 unspecified atom stereocenters. The zero-order valence-corrected chi connectivity index (χ0v) is 11.5. The van der Waals surface area contributed by atoms with Crippen LogP contribution < -0.4 is 10.6 Å². The molecule has 0 saturated carbocycles. The Morgan fingerprint density at radius 3 is 2.50 bits per heavy atom. The van der Waals surface area contributed by atoms with Crippen LogP contribution in [0.3, 0.4) is 0 Å². The molecule has 0 aliphatic rings. The maximum absolute atomic E-state index is 5.16. The Bertz CT molecular complexity index is 142. The number of methoxy groups -OCH3 is 1. The van der Waals surface area contributed by atoms with E-state index < -0.39 is 0 Å². The van der Waals surface area contributed by atoms with E-state index in [4.69, 9.17) is 4.74 Å². The van der Waals surface area contributed by atoms with E-state index in [1.807, 2.05) is 0 Å². The fourth-order valence-corrected chi connectivity index (χ4v) is 1.60. The van der Waals surface area contributed by atoms with Crippen molar-refractivity contribution < 1.29 is 4.74 Å². The summed E-state index contributed by atoms with van der Waals surface area (Å²) in [5.41, 5.74) is 0. The molecule has 0 radical (unpaired) electrons. The molecule has 0 aliphatic carbocycles.